The topological polar surface area (TPSA) is 90.2 Å². The lowest BCUT2D eigenvalue weighted by molar-refractivity contribution is -0.146. The second-order valence-electron chi connectivity index (χ2n) is 3.59. The summed E-state index contributed by atoms with van der Waals surface area (Å²) in [5.41, 5.74) is 1.36. The maximum absolute atomic E-state index is 11.3. The number of carbonyl (C=O) groups excluding carboxylic acids is 1. The maximum Gasteiger partial charge on any atom is 0.315 e. The van der Waals surface area contributed by atoms with Crippen LogP contribution in [0.4, 0.5) is 0 Å². The van der Waals surface area contributed by atoms with E-state index >= 15 is 0 Å². The summed E-state index contributed by atoms with van der Waals surface area (Å²) in [4.78, 5) is 21.9. The molecule has 0 saturated heterocycles. The molecule has 1 amide bonds. The minimum absolute atomic E-state index is 0.252. The molecule has 17 heavy (non-hydrogen) atoms. The van der Waals surface area contributed by atoms with Crippen molar-refractivity contribution in [3.05, 3.63) is 35.4 Å². The lowest BCUT2D eigenvalue weighted by atomic mass is 10.1. The zero-order chi connectivity index (χ0) is 12.8. The number of carbonyl (C=O) groups is 2. The minimum atomic E-state index is -1.15. The highest BCUT2D eigenvalue weighted by Crippen LogP contribution is 2.03. The van der Waals surface area contributed by atoms with Gasteiger partial charge in [0, 0.05) is 6.54 Å². The van der Waals surface area contributed by atoms with Crippen LogP contribution in [0.3, 0.4) is 0 Å². The average molecular weight is 232 g/mol. The third-order valence-electron chi connectivity index (χ3n) is 2.31. The second kappa shape index (κ2) is 5.66. The van der Waals surface area contributed by atoms with Crippen molar-refractivity contribution in [1.82, 2.24) is 5.32 Å². The number of rotatable bonds is 4. The Morgan fingerprint density at radius 3 is 2.47 bits per heavy atom. The van der Waals surface area contributed by atoms with Gasteiger partial charge in [-0.1, -0.05) is 12.1 Å². The molecule has 0 bridgehead atoms. The highest BCUT2D eigenvalue weighted by Gasteiger charge is 2.19. The van der Waals surface area contributed by atoms with E-state index in [0.29, 0.717) is 5.56 Å². The van der Waals surface area contributed by atoms with Crippen LogP contribution in [0.1, 0.15) is 18.1 Å². The Bertz CT molecular complexity index is 460. The number of nitrogens with zero attached hydrogens (tertiary/aromatic N) is 1. The Labute approximate surface area is 98.7 Å². The number of carboxylic acids is 1. The summed E-state index contributed by atoms with van der Waals surface area (Å²) in [6.07, 6.45) is 0. The van der Waals surface area contributed by atoms with Gasteiger partial charge in [-0.2, -0.15) is 5.26 Å². The van der Waals surface area contributed by atoms with Crippen LogP contribution in [-0.4, -0.2) is 17.0 Å². The summed E-state index contributed by atoms with van der Waals surface area (Å²) in [6, 6.07) is 8.69. The van der Waals surface area contributed by atoms with Gasteiger partial charge in [0.2, 0.25) is 5.91 Å². The van der Waals surface area contributed by atoms with E-state index in [1.807, 2.05) is 6.07 Å². The molecule has 0 aliphatic rings. The summed E-state index contributed by atoms with van der Waals surface area (Å²) in [6.45, 7) is 1.58. The third kappa shape index (κ3) is 3.61. The normalized spacial score (nSPS) is 11.3. The highest BCUT2D eigenvalue weighted by molar-refractivity contribution is 5.96. The van der Waals surface area contributed by atoms with Crippen LogP contribution >= 0.6 is 0 Å². The number of nitriles is 1. The number of amides is 1. The van der Waals surface area contributed by atoms with E-state index in [-0.39, 0.29) is 6.54 Å². The fraction of sp³-hybridized carbons (Fsp3) is 0.250. The first kappa shape index (κ1) is 12.7. The van der Waals surface area contributed by atoms with Crippen molar-refractivity contribution in [2.24, 2.45) is 5.92 Å². The molecule has 5 heteroatoms. The summed E-state index contributed by atoms with van der Waals surface area (Å²) >= 11 is 0. The number of benzene rings is 1. The van der Waals surface area contributed by atoms with Crippen LogP contribution in [0.5, 0.6) is 0 Å². The van der Waals surface area contributed by atoms with E-state index in [1.165, 1.54) is 6.92 Å². The van der Waals surface area contributed by atoms with Gasteiger partial charge in [-0.3, -0.25) is 9.59 Å². The Morgan fingerprint density at radius 2 is 2.00 bits per heavy atom. The molecule has 0 aliphatic heterocycles. The molecule has 5 nitrogen and oxygen atoms in total. The monoisotopic (exact) mass is 232 g/mol. The summed E-state index contributed by atoms with van der Waals surface area (Å²) in [7, 11) is 0. The SMILES string of the molecule is CC(C(=O)O)C(=O)NCc1ccc(C#N)cc1. The molecular formula is C12H12N2O3. The second-order valence-corrected chi connectivity index (χ2v) is 3.59. The molecule has 1 aromatic carbocycles. The van der Waals surface area contributed by atoms with Crippen molar-refractivity contribution < 1.29 is 14.7 Å². The Balaban J connectivity index is 2.53. The van der Waals surface area contributed by atoms with E-state index < -0.39 is 17.8 Å². The zero-order valence-corrected chi connectivity index (χ0v) is 9.30. The van der Waals surface area contributed by atoms with E-state index in [1.54, 1.807) is 24.3 Å². The molecule has 0 aromatic heterocycles. The summed E-state index contributed by atoms with van der Waals surface area (Å²) in [5, 5.41) is 19.7. The molecule has 88 valence electrons. The number of carboxylic acid groups (broad SMARTS) is 1. The standard InChI is InChI=1S/C12H12N2O3/c1-8(12(16)17)11(15)14-7-10-4-2-9(6-13)3-5-10/h2-5,8H,7H2,1H3,(H,14,15)(H,16,17). The predicted molar refractivity (Wildman–Crippen MR) is 59.8 cm³/mol. The minimum Gasteiger partial charge on any atom is -0.481 e. The number of nitrogens with one attached hydrogen (secondary N) is 1. The first-order valence-electron chi connectivity index (χ1n) is 5.04. The van der Waals surface area contributed by atoms with Crippen molar-refractivity contribution in [2.75, 3.05) is 0 Å². The molecule has 0 aliphatic carbocycles. The largest absolute Gasteiger partial charge is 0.481 e. The lowest BCUT2D eigenvalue weighted by Gasteiger charge is -2.08. The first-order valence-corrected chi connectivity index (χ1v) is 5.04. The summed E-state index contributed by atoms with van der Waals surface area (Å²) < 4.78 is 0. The quantitative estimate of drug-likeness (QED) is 0.754. The smallest absolute Gasteiger partial charge is 0.315 e. The van der Waals surface area contributed by atoms with Crippen molar-refractivity contribution in [1.29, 1.82) is 5.26 Å². The fourth-order valence-corrected chi connectivity index (χ4v) is 1.15. The van der Waals surface area contributed by atoms with Gasteiger partial charge in [-0.05, 0) is 24.6 Å². The average Bonchev–Trinajstić information content (AvgIpc) is 2.35. The van der Waals surface area contributed by atoms with E-state index in [9.17, 15) is 9.59 Å². The number of hydrogen-bond acceptors (Lipinski definition) is 3. The van der Waals surface area contributed by atoms with Gasteiger partial charge >= 0.3 is 5.97 Å². The van der Waals surface area contributed by atoms with Gasteiger partial charge in [-0.25, -0.2) is 0 Å². The van der Waals surface area contributed by atoms with Gasteiger partial charge < -0.3 is 10.4 Å². The van der Waals surface area contributed by atoms with Gasteiger partial charge in [-0.15, -0.1) is 0 Å². The molecule has 1 rings (SSSR count). The Hall–Kier alpha value is -2.35. The lowest BCUT2D eigenvalue weighted by Crippen LogP contribution is -2.33. The molecule has 0 spiro atoms. The van der Waals surface area contributed by atoms with E-state index in [0.717, 1.165) is 5.56 Å². The maximum atomic E-state index is 11.3. The van der Waals surface area contributed by atoms with Crippen LogP contribution < -0.4 is 5.32 Å². The van der Waals surface area contributed by atoms with Crippen LogP contribution in [0.25, 0.3) is 0 Å². The third-order valence-corrected chi connectivity index (χ3v) is 2.31. The predicted octanol–water partition coefficient (Wildman–Crippen LogP) is 0.895. The summed E-state index contributed by atoms with van der Waals surface area (Å²) in [5.74, 6) is -2.74. The molecule has 2 N–H and O–H groups in total. The molecule has 1 atom stereocenters. The number of hydrogen-bond donors (Lipinski definition) is 2. The molecule has 1 unspecified atom stereocenters. The van der Waals surface area contributed by atoms with Gasteiger partial charge in [0.15, 0.2) is 0 Å². The van der Waals surface area contributed by atoms with E-state index in [4.69, 9.17) is 10.4 Å². The molecule has 0 fully saturated rings. The molecule has 0 heterocycles. The van der Waals surface area contributed by atoms with Gasteiger partial charge in [0.25, 0.3) is 0 Å². The van der Waals surface area contributed by atoms with Crippen molar-refractivity contribution in [3.8, 4) is 6.07 Å². The number of aliphatic carboxylic acids is 1. The van der Waals surface area contributed by atoms with Crippen molar-refractivity contribution >= 4 is 11.9 Å². The highest BCUT2D eigenvalue weighted by atomic mass is 16.4. The molecule has 1 aromatic rings. The zero-order valence-electron chi connectivity index (χ0n) is 9.30. The van der Waals surface area contributed by atoms with E-state index in [2.05, 4.69) is 5.32 Å². The van der Waals surface area contributed by atoms with Crippen LogP contribution in [0.15, 0.2) is 24.3 Å². The molecule has 0 saturated carbocycles. The van der Waals surface area contributed by atoms with Crippen LogP contribution in [0.2, 0.25) is 0 Å². The van der Waals surface area contributed by atoms with Crippen molar-refractivity contribution in [2.45, 2.75) is 13.5 Å². The fourth-order valence-electron chi connectivity index (χ4n) is 1.15. The van der Waals surface area contributed by atoms with Gasteiger partial charge in [0.1, 0.15) is 5.92 Å². The first-order chi connectivity index (χ1) is 8.04. The molecular weight excluding hydrogens is 220 g/mol. The Morgan fingerprint density at radius 1 is 1.41 bits per heavy atom. The van der Waals surface area contributed by atoms with Crippen LogP contribution in [0, 0.1) is 17.2 Å². The van der Waals surface area contributed by atoms with Crippen LogP contribution in [-0.2, 0) is 16.1 Å². The van der Waals surface area contributed by atoms with Gasteiger partial charge in [0.05, 0.1) is 11.6 Å². The van der Waals surface area contributed by atoms with Crippen molar-refractivity contribution in [3.63, 3.8) is 0 Å². The Kier molecular flexibility index (Phi) is 4.23. The molecule has 0 radical (unpaired) electrons.